The van der Waals surface area contributed by atoms with Gasteiger partial charge in [-0.05, 0) is 32.9 Å². The number of benzene rings is 1. The van der Waals surface area contributed by atoms with Gasteiger partial charge < -0.3 is 10.2 Å². The highest BCUT2D eigenvalue weighted by molar-refractivity contribution is 5.46. The molecule has 0 aliphatic carbocycles. The van der Waals surface area contributed by atoms with E-state index in [1.807, 2.05) is 0 Å². The zero-order valence-electron chi connectivity index (χ0n) is 11.1. The molecule has 1 N–H and O–H groups in total. The molecule has 1 aromatic rings. The molecule has 2 nitrogen and oxygen atoms in total. The monoisotopic (exact) mass is 272 g/mol. The van der Waals surface area contributed by atoms with Crippen molar-refractivity contribution in [2.75, 3.05) is 25.5 Å². The van der Waals surface area contributed by atoms with Crippen LogP contribution in [0.25, 0.3) is 0 Å². The molecule has 1 aliphatic heterocycles. The third-order valence-electron chi connectivity index (χ3n) is 3.71. The molecular weight excluding hydrogens is 253 g/mol. The van der Waals surface area contributed by atoms with Crippen LogP contribution in [0.4, 0.5) is 18.9 Å². The van der Waals surface area contributed by atoms with Crippen molar-refractivity contribution in [2.24, 2.45) is 0 Å². The SMILES string of the molecule is CN1CCCCC1CCNc1c(F)cc(F)cc1F. The van der Waals surface area contributed by atoms with Gasteiger partial charge in [0.25, 0.3) is 0 Å². The number of halogens is 3. The highest BCUT2D eigenvalue weighted by Crippen LogP contribution is 2.21. The first-order valence-corrected chi connectivity index (χ1v) is 6.66. The van der Waals surface area contributed by atoms with Crippen LogP contribution in [-0.4, -0.2) is 31.1 Å². The molecule has 1 aliphatic rings. The van der Waals surface area contributed by atoms with E-state index in [1.165, 1.54) is 12.8 Å². The first-order chi connectivity index (χ1) is 9.08. The van der Waals surface area contributed by atoms with E-state index in [0.717, 1.165) is 19.4 Å². The van der Waals surface area contributed by atoms with Crippen LogP contribution in [0.15, 0.2) is 12.1 Å². The van der Waals surface area contributed by atoms with Gasteiger partial charge in [0.1, 0.15) is 11.5 Å². The molecule has 1 saturated heterocycles. The minimum atomic E-state index is -0.896. The predicted octanol–water partition coefficient (Wildman–Crippen LogP) is 3.39. The first kappa shape index (κ1) is 14.2. The third-order valence-corrected chi connectivity index (χ3v) is 3.71. The van der Waals surface area contributed by atoms with Crippen LogP contribution in [0.3, 0.4) is 0 Å². The zero-order chi connectivity index (χ0) is 13.8. The van der Waals surface area contributed by atoms with Crippen molar-refractivity contribution in [3.8, 4) is 0 Å². The van der Waals surface area contributed by atoms with Crippen molar-refractivity contribution in [3.05, 3.63) is 29.6 Å². The third kappa shape index (κ3) is 3.62. The average molecular weight is 272 g/mol. The first-order valence-electron chi connectivity index (χ1n) is 6.66. The fourth-order valence-corrected chi connectivity index (χ4v) is 2.58. The van der Waals surface area contributed by atoms with Crippen LogP contribution in [0.2, 0.25) is 0 Å². The van der Waals surface area contributed by atoms with E-state index in [-0.39, 0.29) is 5.69 Å². The van der Waals surface area contributed by atoms with Gasteiger partial charge in [-0.2, -0.15) is 0 Å². The van der Waals surface area contributed by atoms with Crippen LogP contribution in [0.1, 0.15) is 25.7 Å². The highest BCUT2D eigenvalue weighted by Gasteiger charge is 2.18. The van der Waals surface area contributed by atoms with E-state index in [2.05, 4.69) is 17.3 Å². The number of hydrogen-bond acceptors (Lipinski definition) is 2. The number of anilines is 1. The second-order valence-corrected chi connectivity index (χ2v) is 5.09. The summed E-state index contributed by atoms with van der Waals surface area (Å²) in [5, 5.41) is 2.73. The largest absolute Gasteiger partial charge is 0.380 e. The molecule has 1 heterocycles. The molecule has 1 aromatic carbocycles. The molecule has 0 amide bonds. The van der Waals surface area contributed by atoms with Crippen molar-refractivity contribution in [1.82, 2.24) is 4.90 Å². The normalized spacial score (nSPS) is 20.5. The van der Waals surface area contributed by atoms with Gasteiger partial charge in [-0.1, -0.05) is 6.42 Å². The summed E-state index contributed by atoms with van der Waals surface area (Å²) in [7, 11) is 2.07. The van der Waals surface area contributed by atoms with E-state index >= 15 is 0 Å². The number of hydrogen-bond donors (Lipinski definition) is 1. The van der Waals surface area contributed by atoms with Crippen LogP contribution in [0, 0.1) is 17.5 Å². The highest BCUT2D eigenvalue weighted by atomic mass is 19.1. The second-order valence-electron chi connectivity index (χ2n) is 5.09. The lowest BCUT2D eigenvalue weighted by molar-refractivity contribution is 0.179. The molecule has 19 heavy (non-hydrogen) atoms. The Balaban J connectivity index is 1.89. The Labute approximate surface area is 111 Å². The van der Waals surface area contributed by atoms with Crippen molar-refractivity contribution >= 4 is 5.69 Å². The Kier molecular flexibility index (Phi) is 4.69. The zero-order valence-corrected chi connectivity index (χ0v) is 11.1. The van der Waals surface area contributed by atoms with Crippen LogP contribution < -0.4 is 5.32 Å². The Morgan fingerprint density at radius 2 is 1.89 bits per heavy atom. The van der Waals surface area contributed by atoms with Gasteiger partial charge in [0, 0.05) is 24.7 Å². The molecule has 0 radical (unpaired) electrons. The summed E-state index contributed by atoms with van der Waals surface area (Å²) in [4.78, 5) is 2.28. The summed E-state index contributed by atoms with van der Waals surface area (Å²) in [5.74, 6) is -2.66. The number of nitrogens with one attached hydrogen (secondary N) is 1. The van der Waals surface area contributed by atoms with Gasteiger partial charge in [-0.15, -0.1) is 0 Å². The van der Waals surface area contributed by atoms with E-state index in [1.54, 1.807) is 0 Å². The molecule has 0 bridgehead atoms. The number of nitrogens with zero attached hydrogens (tertiary/aromatic N) is 1. The molecular formula is C14H19F3N2. The fourth-order valence-electron chi connectivity index (χ4n) is 2.58. The lowest BCUT2D eigenvalue weighted by Crippen LogP contribution is -2.37. The molecule has 0 spiro atoms. The van der Waals surface area contributed by atoms with E-state index < -0.39 is 17.5 Å². The molecule has 2 rings (SSSR count). The van der Waals surface area contributed by atoms with Gasteiger partial charge in [0.2, 0.25) is 0 Å². The Morgan fingerprint density at radius 3 is 2.53 bits per heavy atom. The minimum Gasteiger partial charge on any atom is -0.380 e. The summed E-state index contributed by atoms with van der Waals surface area (Å²) >= 11 is 0. The summed E-state index contributed by atoms with van der Waals surface area (Å²) in [6, 6.07) is 1.84. The quantitative estimate of drug-likeness (QED) is 0.903. The smallest absolute Gasteiger partial charge is 0.152 e. The molecule has 1 fully saturated rings. The van der Waals surface area contributed by atoms with Gasteiger partial charge in [-0.25, -0.2) is 13.2 Å². The van der Waals surface area contributed by atoms with Crippen molar-refractivity contribution in [1.29, 1.82) is 0 Å². The van der Waals surface area contributed by atoms with Crippen LogP contribution in [0.5, 0.6) is 0 Å². The number of likely N-dealkylation sites (tertiary alicyclic amines) is 1. The molecule has 1 unspecified atom stereocenters. The maximum absolute atomic E-state index is 13.4. The van der Waals surface area contributed by atoms with Gasteiger partial charge >= 0.3 is 0 Å². The maximum Gasteiger partial charge on any atom is 0.152 e. The second kappa shape index (κ2) is 6.28. The van der Waals surface area contributed by atoms with Crippen LogP contribution in [-0.2, 0) is 0 Å². The van der Waals surface area contributed by atoms with Crippen molar-refractivity contribution in [2.45, 2.75) is 31.7 Å². The molecule has 1 atom stereocenters. The maximum atomic E-state index is 13.4. The van der Waals surface area contributed by atoms with Gasteiger partial charge in [0.15, 0.2) is 11.6 Å². The Hall–Kier alpha value is -1.23. The number of rotatable bonds is 4. The predicted molar refractivity (Wildman–Crippen MR) is 69.7 cm³/mol. The fraction of sp³-hybridized carbons (Fsp3) is 0.571. The van der Waals surface area contributed by atoms with Gasteiger partial charge in [0.05, 0.1) is 0 Å². The van der Waals surface area contributed by atoms with E-state index in [0.29, 0.717) is 24.7 Å². The van der Waals surface area contributed by atoms with Crippen molar-refractivity contribution in [3.63, 3.8) is 0 Å². The molecule has 0 aromatic heterocycles. The summed E-state index contributed by atoms with van der Waals surface area (Å²) < 4.78 is 39.6. The lowest BCUT2D eigenvalue weighted by Gasteiger charge is -2.32. The van der Waals surface area contributed by atoms with E-state index in [4.69, 9.17) is 0 Å². The van der Waals surface area contributed by atoms with Gasteiger partial charge in [-0.3, -0.25) is 0 Å². The Bertz CT molecular complexity index is 414. The molecule has 106 valence electrons. The van der Waals surface area contributed by atoms with E-state index in [9.17, 15) is 13.2 Å². The topological polar surface area (TPSA) is 15.3 Å². The number of piperidine rings is 1. The summed E-state index contributed by atoms with van der Waals surface area (Å²) in [6.07, 6.45) is 4.36. The molecule has 5 heteroatoms. The summed E-state index contributed by atoms with van der Waals surface area (Å²) in [5.41, 5.74) is -0.236. The minimum absolute atomic E-state index is 0.236. The standard InChI is InChI=1S/C14H19F3N2/c1-19-7-3-2-4-11(19)5-6-18-14-12(16)8-10(15)9-13(14)17/h8-9,11,18H,2-7H2,1H3. The lowest BCUT2D eigenvalue weighted by atomic mass is 10.0. The van der Waals surface area contributed by atoms with Crippen LogP contribution >= 0.6 is 0 Å². The molecule has 0 saturated carbocycles. The van der Waals surface area contributed by atoms with Crippen molar-refractivity contribution < 1.29 is 13.2 Å². The summed E-state index contributed by atoms with van der Waals surface area (Å²) in [6.45, 7) is 1.55. The Morgan fingerprint density at radius 1 is 1.21 bits per heavy atom. The average Bonchev–Trinajstić information content (AvgIpc) is 2.34.